The number of primary amides is 1. The van der Waals surface area contributed by atoms with Crippen molar-refractivity contribution >= 4 is 37.1 Å². The van der Waals surface area contributed by atoms with E-state index in [-0.39, 0.29) is 11.1 Å². The lowest BCUT2D eigenvalue weighted by Crippen LogP contribution is -2.52. The van der Waals surface area contributed by atoms with Gasteiger partial charge < -0.3 is 18.7 Å². The molecule has 2 N–H and O–H groups in total. The second-order valence-corrected chi connectivity index (χ2v) is 21.6. The van der Waals surface area contributed by atoms with Gasteiger partial charge >= 0.3 is 14.5 Å². The molecule has 0 aromatic heterocycles. The number of ether oxygens (including phenoxy) is 1. The Balaban J connectivity index is 3.10. The van der Waals surface area contributed by atoms with Gasteiger partial charge in [0, 0.05) is 0 Å². The maximum atomic E-state index is 12.0. The van der Waals surface area contributed by atoms with Crippen LogP contribution in [0, 0.1) is 0 Å². The van der Waals surface area contributed by atoms with Crippen LogP contribution in [0.4, 0.5) is 0 Å². The summed E-state index contributed by atoms with van der Waals surface area (Å²) in [6.45, 7) is 15.1. The molecule has 0 atom stereocenters. The minimum Gasteiger partial charge on any atom is -0.465 e. The number of esters is 1. The summed E-state index contributed by atoms with van der Waals surface area (Å²) in [4.78, 5) is 23.6. The lowest BCUT2D eigenvalue weighted by Gasteiger charge is -2.38. The third-order valence-electron chi connectivity index (χ3n) is 3.67. The van der Waals surface area contributed by atoms with Crippen LogP contribution in [0.25, 0.3) is 0 Å². The van der Waals surface area contributed by atoms with E-state index in [9.17, 15) is 9.59 Å². The molecule has 0 bridgehead atoms. The van der Waals surface area contributed by atoms with E-state index in [1.807, 2.05) is 6.07 Å². The smallest absolute Gasteiger partial charge is 0.338 e. The van der Waals surface area contributed by atoms with Crippen molar-refractivity contribution in [1.29, 1.82) is 0 Å². The van der Waals surface area contributed by atoms with E-state index in [0.717, 1.165) is 11.6 Å². The third-order valence-corrected chi connectivity index (χ3v) is 13.2. The fraction of sp³-hybridized carbons (Fsp3) is 0.556. The number of nitrogens with two attached hydrogens (primary N) is 1. The monoisotopic (exact) mass is 427 g/mol. The minimum atomic E-state index is -2.38. The van der Waals surface area contributed by atoms with Gasteiger partial charge in [-0.3, -0.25) is 4.79 Å². The van der Waals surface area contributed by atoms with Crippen molar-refractivity contribution in [2.45, 2.75) is 58.3 Å². The molecule has 0 heterocycles. The number of benzene rings is 1. The van der Waals surface area contributed by atoms with Crippen LogP contribution < -0.4 is 5.73 Å². The minimum absolute atomic E-state index is 0.169. The molecule has 1 aromatic carbocycles. The highest BCUT2D eigenvalue weighted by Gasteiger charge is 2.39. The van der Waals surface area contributed by atoms with Crippen LogP contribution >= 0.6 is 0 Å². The topological polar surface area (TPSA) is 87.8 Å². The molecule has 152 valence electrons. The molecule has 0 saturated heterocycles. The van der Waals surface area contributed by atoms with Crippen molar-refractivity contribution in [3.63, 3.8) is 0 Å². The van der Waals surface area contributed by atoms with Crippen molar-refractivity contribution in [2.24, 2.45) is 5.73 Å². The van der Waals surface area contributed by atoms with Gasteiger partial charge in [-0.25, -0.2) is 4.79 Å². The molecule has 0 aliphatic carbocycles. The summed E-state index contributed by atoms with van der Waals surface area (Å²) in [6, 6.07) is 5.87. The van der Waals surface area contributed by atoms with Crippen LogP contribution in [0.15, 0.2) is 18.2 Å². The van der Waals surface area contributed by atoms with E-state index < -0.39 is 37.1 Å². The molecule has 1 amide bonds. The lowest BCUT2D eigenvalue weighted by molar-refractivity contribution is 0.0597. The summed E-state index contributed by atoms with van der Waals surface area (Å²) in [5.41, 5.74) is 6.66. The van der Waals surface area contributed by atoms with Gasteiger partial charge in [0.25, 0.3) is 0 Å². The SMILES string of the molecule is COC(=O)c1cc(CC[Si](C)(O[Si](C)(C)C)O[Si](C)(C)C)ccc1C(N)=O. The fourth-order valence-electron chi connectivity index (χ4n) is 3.03. The van der Waals surface area contributed by atoms with Crippen LogP contribution in [-0.4, -0.2) is 44.2 Å². The first-order valence-electron chi connectivity index (χ1n) is 9.07. The van der Waals surface area contributed by atoms with E-state index in [0.29, 0.717) is 6.42 Å². The Bertz CT molecular complexity index is 679. The number of carbonyl (C=O) groups excluding carboxylic acids is 2. The van der Waals surface area contributed by atoms with Crippen molar-refractivity contribution in [3.8, 4) is 0 Å². The van der Waals surface area contributed by atoms with E-state index in [4.69, 9.17) is 18.7 Å². The Morgan fingerprint density at radius 1 is 0.926 bits per heavy atom. The number of aryl methyl sites for hydroxylation is 1. The predicted molar refractivity (Wildman–Crippen MR) is 115 cm³/mol. The molecule has 6 nitrogen and oxygen atoms in total. The van der Waals surface area contributed by atoms with Gasteiger partial charge in [0.1, 0.15) is 0 Å². The second kappa shape index (κ2) is 8.82. The Hall–Kier alpha value is -1.27. The maximum Gasteiger partial charge on any atom is 0.338 e. The van der Waals surface area contributed by atoms with Crippen LogP contribution in [-0.2, 0) is 19.4 Å². The van der Waals surface area contributed by atoms with Gasteiger partial charge in [0.15, 0.2) is 16.6 Å². The standard InChI is InChI=1S/C18H33NO5Si3/c1-22-18(21)16-13-14(9-10-15(16)17(19)20)11-12-27(8,23-25(2,3)4)24-26(5,6)7/h9-10,13H,11-12H2,1-8H3,(H2,19,20). The highest BCUT2D eigenvalue weighted by Crippen LogP contribution is 2.26. The predicted octanol–water partition coefficient (Wildman–Crippen LogP) is 3.89. The Labute approximate surface area is 165 Å². The zero-order valence-electron chi connectivity index (χ0n) is 17.8. The highest BCUT2D eigenvalue weighted by molar-refractivity contribution is 6.87. The Morgan fingerprint density at radius 2 is 1.44 bits per heavy atom. The number of amides is 1. The fourth-order valence-corrected chi connectivity index (χ4v) is 15.5. The van der Waals surface area contributed by atoms with E-state index >= 15 is 0 Å². The molecule has 0 saturated carbocycles. The average Bonchev–Trinajstić information content (AvgIpc) is 2.48. The number of hydrogen-bond donors (Lipinski definition) is 1. The number of rotatable bonds is 9. The third kappa shape index (κ3) is 8.09. The van der Waals surface area contributed by atoms with Crippen LogP contribution in [0.3, 0.4) is 0 Å². The maximum absolute atomic E-state index is 12.0. The largest absolute Gasteiger partial charge is 0.465 e. The molecule has 0 fully saturated rings. The second-order valence-electron chi connectivity index (χ2n) is 8.80. The Morgan fingerprint density at radius 3 is 1.85 bits per heavy atom. The summed E-state index contributed by atoms with van der Waals surface area (Å²) in [6.07, 6.45) is 0.695. The average molecular weight is 428 g/mol. The van der Waals surface area contributed by atoms with Gasteiger partial charge in [0.05, 0.1) is 18.2 Å². The molecule has 0 aliphatic heterocycles. The quantitative estimate of drug-likeness (QED) is 0.477. The molecule has 0 aliphatic rings. The summed E-state index contributed by atoms with van der Waals surface area (Å²) in [5.74, 6) is -1.22. The summed E-state index contributed by atoms with van der Waals surface area (Å²) in [7, 11) is -4.62. The highest BCUT2D eigenvalue weighted by atomic mass is 28.5. The summed E-state index contributed by atoms with van der Waals surface area (Å²) >= 11 is 0. The first-order valence-corrected chi connectivity index (χ1v) is 18.4. The first-order chi connectivity index (χ1) is 12.2. The zero-order valence-corrected chi connectivity index (χ0v) is 20.8. The van der Waals surface area contributed by atoms with Crippen LogP contribution in [0.1, 0.15) is 26.3 Å². The van der Waals surface area contributed by atoms with Gasteiger partial charge in [-0.2, -0.15) is 0 Å². The molecule has 0 spiro atoms. The van der Waals surface area contributed by atoms with Crippen LogP contribution in [0.2, 0.25) is 51.9 Å². The number of methoxy groups -OCH3 is 1. The van der Waals surface area contributed by atoms with Gasteiger partial charge in [-0.1, -0.05) is 6.07 Å². The Kier molecular flexibility index (Phi) is 7.77. The molecular formula is C18H33NO5Si3. The van der Waals surface area contributed by atoms with Crippen molar-refractivity contribution < 1.29 is 22.6 Å². The van der Waals surface area contributed by atoms with E-state index in [1.165, 1.54) is 7.11 Å². The first kappa shape index (κ1) is 23.8. The molecule has 0 radical (unpaired) electrons. The van der Waals surface area contributed by atoms with Crippen molar-refractivity contribution in [2.75, 3.05) is 7.11 Å². The number of carbonyl (C=O) groups is 2. The molecule has 1 rings (SSSR count). The molecule has 0 unspecified atom stereocenters. The van der Waals surface area contributed by atoms with Gasteiger partial charge in [-0.15, -0.1) is 0 Å². The summed E-state index contributed by atoms with van der Waals surface area (Å²) < 4.78 is 17.8. The molecule has 1 aromatic rings. The summed E-state index contributed by atoms with van der Waals surface area (Å²) in [5, 5.41) is 0. The molecule has 27 heavy (non-hydrogen) atoms. The van der Waals surface area contributed by atoms with E-state index in [1.54, 1.807) is 12.1 Å². The van der Waals surface area contributed by atoms with Gasteiger partial charge in [-0.05, 0) is 76.0 Å². The number of hydrogen-bond acceptors (Lipinski definition) is 5. The van der Waals surface area contributed by atoms with Crippen LogP contribution in [0.5, 0.6) is 0 Å². The van der Waals surface area contributed by atoms with Gasteiger partial charge in [0.2, 0.25) is 5.91 Å². The lowest BCUT2D eigenvalue weighted by atomic mass is 10.0. The molecule has 9 heteroatoms. The van der Waals surface area contributed by atoms with E-state index in [2.05, 4.69) is 45.8 Å². The zero-order chi connectivity index (χ0) is 21.0. The van der Waals surface area contributed by atoms with Crippen molar-refractivity contribution in [3.05, 3.63) is 34.9 Å². The normalized spacial score (nSPS) is 12.7. The molecular weight excluding hydrogens is 394 g/mol. The van der Waals surface area contributed by atoms with Crippen molar-refractivity contribution in [1.82, 2.24) is 0 Å².